The second-order valence-corrected chi connectivity index (χ2v) is 7.02. The van der Waals surface area contributed by atoms with Gasteiger partial charge < -0.3 is 18.9 Å². The van der Waals surface area contributed by atoms with Crippen LogP contribution in [0.2, 0.25) is 5.02 Å². The van der Waals surface area contributed by atoms with Crippen LogP contribution < -0.4 is 18.9 Å². The molecule has 0 radical (unpaired) electrons. The third-order valence-electron chi connectivity index (χ3n) is 4.52. The van der Waals surface area contributed by atoms with Crippen molar-refractivity contribution in [2.45, 2.75) is 0 Å². The first-order chi connectivity index (χ1) is 15.4. The highest BCUT2D eigenvalue weighted by atomic mass is 35.5. The van der Waals surface area contributed by atoms with Crippen LogP contribution in [0.5, 0.6) is 23.0 Å². The number of hydrogen-bond donors (Lipinski definition) is 0. The highest BCUT2D eigenvalue weighted by Gasteiger charge is 2.18. The van der Waals surface area contributed by atoms with Crippen molar-refractivity contribution >= 4 is 29.4 Å². The lowest BCUT2D eigenvalue weighted by atomic mass is 10.1. The van der Waals surface area contributed by atoms with E-state index >= 15 is 0 Å². The standard InChI is InChI=1S/C25H21ClO6/c1-29-22-14-18(15-23(30-2)24(22)31-3)25(28)32-20-6-4-5-16(13-20)7-12-21(27)17-8-10-19(26)11-9-17/h4-15H,1-3H3. The Kier molecular flexibility index (Phi) is 7.52. The molecule has 164 valence electrons. The zero-order chi connectivity index (χ0) is 23.1. The monoisotopic (exact) mass is 452 g/mol. The first-order valence-corrected chi connectivity index (χ1v) is 9.93. The summed E-state index contributed by atoms with van der Waals surface area (Å²) in [7, 11) is 4.41. The maximum atomic E-state index is 12.7. The second-order valence-electron chi connectivity index (χ2n) is 6.58. The SMILES string of the molecule is COc1cc(C(=O)Oc2cccc(C=CC(=O)c3ccc(Cl)cc3)c2)cc(OC)c1OC. The molecule has 6 nitrogen and oxygen atoms in total. The first kappa shape index (κ1) is 22.9. The van der Waals surface area contributed by atoms with Gasteiger partial charge in [-0.15, -0.1) is 0 Å². The molecule has 0 amide bonds. The van der Waals surface area contributed by atoms with Gasteiger partial charge in [0.15, 0.2) is 17.3 Å². The van der Waals surface area contributed by atoms with E-state index in [0.717, 1.165) is 0 Å². The number of allylic oxidation sites excluding steroid dienone is 1. The second kappa shape index (κ2) is 10.5. The maximum absolute atomic E-state index is 12.7. The zero-order valence-corrected chi connectivity index (χ0v) is 18.5. The van der Waals surface area contributed by atoms with E-state index in [1.165, 1.54) is 39.5 Å². The zero-order valence-electron chi connectivity index (χ0n) is 17.8. The Labute approximate surface area is 190 Å². The van der Waals surface area contributed by atoms with E-state index in [1.807, 2.05) is 0 Å². The summed E-state index contributed by atoms with van der Waals surface area (Å²) in [5, 5.41) is 0.562. The van der Waals surface area contributed by atoms with Crippen molar-refractivity contribution in [3.05, 3.63) is 88.5 Å². The van der Waals surface area contributed by atoms with Gasteiger partial charge in [0.2, 0.25) is 5.75 Å². The lowest BCUT2D eigenvalue weighted by Crippen LogP contribution is -2.09. The summed E-state index contributed by atoms with van der Waals surface area (Å²) in [6.45, 7) is 0. The van der Waals surface area contributed by atoms with Gasteiger partial charge in [-0.05, 0) is 60.2 Å². The Morgan fingerprint density at radius 3 is 2.06 bits per heavy atom. The molecule has 0 aliphatic carbocycles. The number of hydrogen-bond acceptors (Lipinski definition) is 6. The van der Waals surface area contributed by atoms with Crippen LogP contribution in [-0.2, 0) is 0 Å². The fourth-order valence-corrected chi connectivity index (χ4v) is 3.05. The molecule has 0 aliphatic rings. The average molecular weight is 453 g/mol. The van der Waals surface area contributed by atoms with Crippen LogP contribution >= 0.6 is 11.6 Å². The number of rotatable bonds is 8. The highest BCUT2D eigenvalue weighted by Crippen LogP contribution is 2.38. The molecule has 0 fully saturated rings. The van der Waals surface area contributed by atoms with Crippen LogP contribution in [0, 0.1) is 0 Å². The smallest absolute Gasteiger partial charge is 0.343 e. The minimum absolute atomic E-state index is 0.165. The van der Waals surface area contributed by atoms with Crippen LogP contribution in [0.25, 0.3) is 6.08 Å². The van der Waals surface area contributed by atoms with Crippen molar-refractivity contribution in [3.63, 3.8) is 0 Å². The number of methoxy groups -OCH3 is 3. The van der Waals surface area contributed by atoms with Gasteiger partial charge in [0, 0.05) is 10.6 Å². The van der Waals surface area contributed by atoms with E-state index in [9.17, 15) is 9.59 Å². The van der Waals surface area contributed by atoms with Gasteiger partial charge in [-0.3, -0.25) is 4.79 Å². The van der Waals surface area contributed by atoms with Crippen molar-refractivity contribution in [1.82, 2.24) is 0 Å². The maximum Gasteiger partial charge on any atom is 0.343 e. The van der Waals surface area contributed by atoms with E-state index in [4.69, 9.17) is 30.5 Å². The summed E-state index contributed by atoms with van der Waals surface area (Å²) >= 11 is 5.85. The lowest BCUT2D eigenvalue weighted by Gasteiger charge is -2.13. The normalized spacial score (nSPS) is 10.6. The molecule has 0 saturated carbocycles. The van der Waals surface area contributed by atoms with Crippen molar-refractivity contribution < 1.29 is 28.5 Å². The number of halogens is 1. The van der Waals surface area contributed by atoms with Crippen molar-refractivity contribution in [1.29, 1.82) is 0 Å². The molecule has 3 aromatic rings. The van der Waals surface area contributed by atoms with E-state index in [-0.39, 0.29) is 11.3 Å². The van der Waals surface area contributed by atoms with Gasteiger partial charge >= 0.3 is 5.97 Å². The van der Waals surface area contributed by atoms with E-state index in [1.54, 1.807) is 54.6 Å². The molecule has 0 aliphatic heterocycles. The van der Waals surface area contributed by atoms with Crippen LogP contribution in [-0.4, -0.2) is 33.1 Å². The lowest BCUT2D eigenvalue weighted by molar-refractivity contribution is 0.0733. The van der Waals surface area contributed by atoms with E-state index in [0.29, 0.717) is 39.1 Å². The molecule has 3 aromatic carbocycles. The predicted octanol–water partition coefficient (Wildman–Crippen LogP) is 5.48. The Bertz CT molecular complexity index is 1130. The third kappa shape index (κ3) is 5.47. The van der Waals surface area contributed by atoms with Crippen LogP contribution in [0.3, 0.4) is 0 Å². The highest BCUT2D eigenvalue weighted by molar-refractivity contribution is 6.30. The molecule has 0 N–H and O–H groups in total. The molecule has 0 aromatic heterocycles. The summed E-state index contributed by atoms with van der Waals surface area (Å²) in [4.78, 5) is 25.0. The van der Waals surface area contributed by atoms with Gasteiger partial charge in [0.05, 0.1) is 26.9 Å². The van der Waals surface area contributed by atoms with Crippen molar-refractivity contribution in [2.75, 3.05) is 21.3 Å². The molecule has 0 unspecified atom stereocenters. The molecule has 0 spiro atoms. The number of ether oxygens (including phenoxy) is 4. The molecule has 0 bridgehead atoms. The van der Waals surface area contributed by atoms with Crippen molar-refractivity contribution in [2.24, 2.45) is 0 Å². The first-order valence-electron chi connectivity index (χ1n) is 9.55. The minimum Gasteiger partial charge on any atom is -0.493 e. The van der Waals surface area contributed by atoms with Gasteiger partial charge in [-0.2, -0.15) is 0 Å². The largest absolute Gasteiger partial charge is 0.493 e. The topological polar surface area (TPSA) is 71.1 Å². The fourth-order valence-electron chi connectivity index (χ4n) is 2.93. The summed E-state index contributed by atoms with van der Waals surface area (Å²) in [5.74, 6) is 0.630. The fraction of sp³-hybridized carbons (Fsp3) is 0.120. The quantitative estimate of drug-likeness (QED) is 0.195. The number of ketones is 1. The van der Waals surface area contributed by atoms with Crippen LogP contribution in [0.4, 0.5) is 0 Å². The van der Waals surface area contributed by atoms with Gasteiger partial charge in [-0.1, -0.05) is 29.8 Å². The van der Waals surface area contributed by atoms with Gasteiger partial charge in [0.1, 0.15) is 5.75 Å². The molecule has 32 heavy (non-hydrogen) atoms. The molecular formula is C25H21ClO6. The molecule has 0 atom stereocenters. The minimum atomic E-state index is -0.595. The van der Waals surface area contributed by atoms with E-state index in [2.05, 4.69) is 0 Å². The Morgan fingerprint density at radius 2 is 1.47 bits per heavy atom. The van der Waals surface area contributed by atoms with E-state index < -0.39 is 5.97 Å². The Hall–Kier alpha value is -3.77. The Morgan fingerprint density at radius 1 is 0.812 bits per heavy atom. The number of carbonyl (C=O) groups is 2. The average Bonchev–Trinajstić information content (AvgIpc) is 2.82. The molecule has 0 heterocycles. The number of carbonyl (C=O) groups excluding carboxylic acids is 2. The van der Waals surface area contributed by atoms with Crippen LogP contribution in [0.15, 0.2) is 66.7 Å². The summed E-state index contributed by atoms with van der Waals surface area (Å²) in [5.41, 5.74) is 1.46. The van der Waals surface area contributed by atoms with Gasteiger partial charge in [0.25, 0.3) is 0 Å². The predicted molar refractivity (Wildman–Crippen MR) is 122 cm³/mol. The number of benzene rings is 3. The molecule has 0 saturated heterocycles. The molecular weight excluding hydrogens is 432 g/mol. The summed E-state index contributed by atoms with van der Waals surface area (Å²) < 4.78 is 21.3. The summed E-state index contributed by atoms with van der Waals surface area (Å²) in [6.07, 6.45) is 3.09. The number of esters is 1. The summed E-state index contributed by atoms with van der Waals surface area (Å²) in [6, 6.07) is 16.5. The third-order valence-corrected chi connectivity index (χ3v) is 4.78. The Balaban J connectivity index is 1.76. The van der Waals surface area contributed by atoms with Crippen LogP contribution in [0.1, 0.15) is 26.3 Å². The van der Waals surface area contributed by atoms with Crippen molar-refractivity contribution in [3.8, 4) is 23.0 Å². The van der Waals surface area contributed by atoms with Gasteiger partial charge in [-0.25, -0.2) is 4.79 Å². The molecule has 7 heteroatoms. The molecule has 3 rings (SSSR count).